The second-order valence-corrected chi connectivity index (χ2v) is 9.40. The molecule has 4 N–H and O–H groups in total. The lowest BCUT2D eigenvalue weighted by Crippen LogP contribution is -2.41. The molecular weight excluding hydrogens is 494 g/mol. The molecule has 1 aliphatic heterocycles. The van der Waals surface area contributed by atoms with Crippen molar-refractivity contribution in [2.45, 2.75) is 32.4 Å². The summed E-state index contributed by atoms with van der Waals surface area (Å²) in [6.45, 7) is 6.36. The highest BCUT2D eigenvalue weighted by molar-refractivity contribution is 5.99. The van der Waals surface area contributed by atoms with Gasteiger partial charge in [-0.05, 0) is 55.7 Å². The van der Waals surface area contributed by atoms with Crippen molar-refractivity contribution in [3.63, 3.8) is 0 Å². The van der Waals surface area contributed by atoms with Crippen LogP contribution in [0.4, 0.5) is 16.3 Å². The lowest BCUT2D eigenvalue weighted by Gasteiger charge is -2.31. The maximum Gasteiger partial charge on any atom is 0.319 e. The summed E-state index contributed by atoms with van der Waals surface area (Å²) in [4.78, 5) is 36.3. The van der Waals surface area contributed by atoms with Crippen molar-refractivity contribution in [1.29, 1.82) is 0 Å². The molecule has 1 saturated heterocycles. The zero-order valence-electron chi connectivity index (χ0n) is 22.6. The van der Waals surface area contributed by atoms with Crippen LogP contribution in [-0.4, -0.2) is 72.7 Å². The number of carbonyl (C=O) groups is 2. The molecule has 0 saturated carbocycles. The number of hydrogen-bond acceptors (Lipinski definition) is 7. The van der Waals surface area contributed by atoms with Crippen molar-refractivity contribution < 1.29 is 14.3 Å². The van der Waals surface area contributed by atoms with Gasteiger partial charge in [0.15, 0.2) is 0 Å². The van der Waals surface area contributed by atoms with Gasteiger partial charge in [0.05, 0.1) is 17.4 Å². The molecule has 10 heteroatoms. The molecule has 206 valence electrons. The largest absolute Gasteiger partial charge is 0.381 e. The van der Waals surface area contributed by atoms with Crippen LogP contribution in [0.3, 0.4) is 0 Å². The number of ether oxygens (including phenoxy) is 1. The monoisotopic (exact) mass is 531 g/mol. The number of hydrogen-bond donors (Lipinski definition) is 4. The van der Waals surface area contributed by atoms with Crippen LogP contribution in [0.25, 0.3) is 11.3 Å². The molecule has 1 aromatic carbocycles. The minimum absolute atomic E-state index is 0.145. The van der Waals surface area contributed by atoms with Crippen LogP contribution >= 0.6 is 0 Å². The van der Waals surface area contributed by atoms with Crippen molar-refractivity contribution in [2.24, 2.45) is 0 Å². The SMILES string of the molecule is CCNc1nc(-c2ccc(NC(=O)NCc3cccnc3)cc2)ccc1C(=O)NCCN1CCC(OC)CC1. The molecule has 0 atom stereocenters. The molecule has 3 heterocycles. The molecule has 0 bridgehead atoms. The number of urea groups is 1. The summed E-state index contributed by atoms with van der Waals surface area (Å²) in [7, 11) is 1.77. The number of benzene rings is 1. The van der Waals surface area contributed by atoms with E-state index in [-0.39, 0.29) is 11.9 Å². The van der Waals surface area contributed by atoms with E-state index < -0.39 is 0 Å². The summed E-state index contributed by atoms with van der Waals surface area (Å²) in [5.41, 5.74) is 3.71. The highest BCUT2D eigenvalue weighted by Crippen LogP contribution is 2.24. The van der Waals surface area contributed by atoms with Gasteiger partial charge < -0.3 is 30.9 Å². The molecular formula is C29H37N7O3. The molecule has 3 aromatic rings. The molecule has 4 rings (SSSR count). The Morgan fingerprint density at radius 3 is 2.54 bits per heavy atom. The van der Waals surface area contributed by atoms with Gasteiger partial charge >= 0.3 is 6.03 Å². The van der Waals surface area contributed by atoms with E-state index in [4.69, 9.17) is 9.72 Å². The fourth-order valence-corrected chi connectivity index (χ4v) is 4.48. The Kier molecular flexibility index (Phi) is 10.2. The van der Waals surface area contributed by atoms with Crippen molar-refractivity contribution in [1.82, 2.24) is 25.5 Å². The van der Waals surface area contributed by atoms with Crippen LogP contribution in [0, 0.1) is 0 Å². The fourth-order valence-electron chi connectivity index (χ4n) is 4.48. The molecule has 2 aromatic heterocycles. The van der Waals surface area contributed by atoms with Gasteiger partial charge in [0.25, 0.3) is 5.91 Å². The fraction of sp³-hybridized carbons (Fsp3) is 0.379. The summed E-state index contributed by atoms with van der Waals surface area (Å²) >= 11 is 0. The van der Waals surface area contributed by atoms with Crippen LogP contribution in [-0.2, 0) is 11.3 Å². The summed E-state index contributed by atoms with van der Waals surface area (Å²) < 4.78 is 5.43. The van der Waals surface area contributed by atoms with Gasteiger partial charge in [0, 0.05) is 70.0 Å². The number of anilines is 2. The number of nitrogens with zero attached hydrogens (tertiary/aromatic N) is 3. The average molecular weight is 532 g/mol. The van der Waals surface area contributed by atoms with E-state index in [2.05, 4.69) is 31.2 Å². The van der Waals surface area contributed by atoms with Crippen molar-refractivity contribution in [3.05, 3.63) is 72.1 Å². The van der Waals surface area contributed by atoms with Crippen LogP contribution < -0.4 is 21.3 Å². The Hall–Kier alpha value is -4.02. The van der Waals surface area contributed by atoms with Crippen LogP contribution in [0.1, 0.15) is 35.7 Å². The predicted octanol–water partition coefficient (Wildman–Crippen LogP) is 3.74. The van der Waals surface area contributed by atoms with E-state index in [9.17, 15) is 9.59 Å². The zero-order chi connectivity index (χ0) is 27.5. The van der Waals surface area contributed by atoms with Crippen LogP contribution in [0.15, 0.2) is 60.9 Å². The number of nitrogens with one attached hydrogen (secondary N) is 4. The molecule has 0 aliphatic carbocycles. The van der Waals surface area contributed by atoms with E-state index >= 15 is 0 Å². The standard InChI is InChI=1S/C29H37N7O3/c1-3-31-27-25(28(37)32-15-18-36-16-12-24(39-2)13-17-36)10-11-26(35-27)22-6-8-23(9-7-22)34-29(38)33-20-21-5-4-14-30-19-21/h4-11,14,19,24H,3,12-13,15-18,20H2,1-2H3,(H,31,35)(H,32,37)(H2,33,34,38). The molecule has 0 radical (unpaired) electrons. The Labute approximate surface area is 229 Å². The third-order valence-corrected chi connectivity index (χ3v) is 6.68. The number of rotatable bonds is 11. The molecule has 10 nitrogen and oxygen atoms in total. The second-order valence-electron chi connectivity index (χ2n) is 9.40. The summed E-state index contributed by atoms with van der Waals surface area (Å²) in [5, 5.41) is 11.9. The average Bonchev–Trinajstić information content (AvgIpc) is 2.97. The highest BCUT2D eigenvalue weighted by Gasteiger charge is 2.19. The Balaban J connectivity index is 1.32. The first-order valence-corrected chi connectivity index (χ1v) is 13.4. The van der Waals surface area contributed by atoms with Gasteiger partial charge in [0.2, 0.25) is 0 Å². The number of likely N-dealkylation sites (tertiary alicyclic amines) is 1. The summed E-state index contributed by atoms with van der Waals surface area (Å²) in [5.74, 6) is 0.402. The van der Waals surface area contributed by atoms with Gasteiger partial charge in [-0.25, -0.2) is 9.78 Å². The van der Waals surface area contributed by atoms with Crippen LogP contribution in [0.2, 0.25) is 0 Å². The normalized spacial score (nSPS) is 14.0. The first kappa shape index (κ1) is 28.0. The molecule has 3 amide bonds. The molecule has 0 unspecified atom stereocenters. The summed E-state index contributed by atoms with van der Waals surface area (Å²) in [6, 6.07) is 14.5. The van der Waals surface area contributed by atoms with Gasteiger partial charge in [-0.1, -0.05) is 18.2 Å². The van der Waals surface area contributed by atoms with E-state index in [1.54, 1.807) is 25.6 Å². The summed E-state index contributed by atoms with van der Waals surface area (Å²) in [6.07, 6.45) is 5.80. The van der Waals surface area contributed by atoms with Gasteiger partial charge in [0.1, 0.15) is 5.82 Å². The Morgan fingerprint density at radius 1 is 1.05 bits per heavy atom. The maximum atomic E-state index is 12.9. The number of aromatic nitrogens is 2. The molecule has 1 fully saturated rings. The molecule has 0 spiro atoms. The molecule has 1 aliphatic rings. The second kappa shape index (κ2) is 14.2. The van der Waals surface area contributed by atoms with E-state index in [1.807, 2.05) is 49.4 Å². The van der Waals surface area contributed by atoms with Crippen molar-refractivity contribution >= 4 is 23.4 Å². The Bertz CT molecular complexity index is 1210. The lowest BCUT2D eigenvalue weighted by molar-refractivity contribution is 0.0413. The smallest absolute Gasteiger partial charge is 0.319 e. The van der Waals surface area contributed by atoms with Gasteiger partial charge in [-0.3, -0.25) is 9.78 Å². The van der Waals surface area contributed by atoms with Crippen molar-refractivity contribution in [3.8, 4) is 11.3 Å². The quantitative estimate of drug-likeness (QED) is 0.298. The lowest BCUT2D eigenvalue weighted by atomic mass is 10.1. The van der Waals surface area contributed by atoms with E-state index in [0.717, 1.165) is 49.3 Å². The first-order valence-electron chi connectivity index (χ1n) is 13.4. The topological polar surface area (TPSA) is 121 Å². The number of piperidine rings is 1. The number of pyridine rings is 2. The third kappa shape index (κ3) is 8.23. The number of amides is 3. The predicted molar refractivity (Wildman–Crippen MR) is 153 cm³/mol. The minimum Gasteiger partial charge on any atom is -0.381 e. The third-order valence-electron chi connectivity index (χ3n) is 6.68. The number of methoxy groups -OCH3 is 1. The van der Waals surface area contributed by atoms with E-state index in [0.29, 0.717) is 42.8 Å². The van der Waals surface area contributed by atoms with E-state index in [1.165, 1.54) is 0 Å². The van der Waals surface area contributed by atoms with Crippen molar-refractivity contribution in [2.75, 3.05) is 50.5 Å². The van der Waals surface area contributed by atoms with Gasteiger partial charge in [-0.2, -0.15) is 0 Å². The molecule has 39 heavy (non-hydrogen) atoms. The maximum absolute atomic E-state index is 12.9. The number of carbonyl (C=O) groups excluding carboxylic acids is 2. The highest BCUT2D eigenvalue weighted by atomic mass is 16.5. The van der Waals surface area contributed by atoms with Crippen LogP contribution in [0.5, 0.6) is 0 Å². The minimum atomic E-state index is -0.297. The van der Waals surface area contributed by atoms with Gasteiger partial charge in [-0.15, -0.1) is 0 Å². The zero-order valence-corrected chi connectivity index (χ0v) is 22.6. The Morgan fingerprint density at radius 2 is 1.85 bits per heavy atom. The first-order chi connectivity index (χ1) is 19.1.